The van der Waals surface area contributed by atoms with Gasteiger partial charge < -0.3 is 15.0 Å². The van der Waals surface area contributed by atoms with E-state index in [2.05, 4.69) is 32.1 Å². The average Bonchev–Trinajstić information content (AvgIpc) is 2.76. The lowest BCUT2D eigenvalue weighted by molar-refractivity contribution is -0.122. The highest BCUT2D eigenvalue weighted by Crippen LogP contribution is 2.16. The van der Waals surface area contributed by atoms with Gasteiger partial charge >= 0.3 is 0 Å². The Labute approximate surface area is 180 Å². The molecule has 162 valence electrons. The smallest absolute Gasteiger partial charge is 0.234 e. The van der Waals surface area contributed by atoms with Gasteiger partial charge in [-0.25, -0.2) is 0 Å². The maximum absolute atomic E-state index is 12.5. The average molecular weight is 411 g/mol. The maximum Gasteiger partial charge on any atom is 0.234 e. The molecular weight excluding hydrogens is 376 g/mol. The molecule has 1 fully saturated rings. The first-order valence-corrected chi connectivity index (χ1v) is 10.7. The largest absolute Gasteiger partial charge is 0.492 e. The van der Waals surface area contributed by atoms with Crippen molar-refractivity contribution in [3.8, 4) is 5.75 Å². The number of nitrogens with zero attached hydrogens (tertiary/aromatic N) is 3. The molecule has 1 aliphatic rings. The Morgan fingerprint density at radius 2 is 1.57 bits per heavy atom. The number of hydrogen-bond donors (Lipinski definition) is 1. The van der Waals surface area contributed by atoms with E-state index in [1.165, 1.54) is 5.56 Å². The summed E-state index contributed by atoms with van der Waals surface area (Å²) < 4.78 is 5.79. The standard InChI is InChI=1S/C24H34N4O2/c1-26(2)23(21-9-5-3-6-10-21)19-25-24(29)20-28-15-13-27(14-16-28)17-18-30-22-11-7-4-8-12-22/h3-12,23H,13-20H2,1-2H3,(H,25,29). The summed E-state index contributed by atoms with van der Waals surface area (Å²) in [6.07, 6.45) is 0. The second-order valence-corrected chi connectivity index (χ2v) is 7.97. The summed E-state index contributed by atoms with van der Waals surface area (Å²) in [5.74, 6) is 1.01. The van der Waals surface area contributed by atoms with Crippen LogP contribution in [0.25, 0.3) is 0 Å². The first-order chi connectivity index (χ1) is 14.6. The molecule has 1 atom stereocenters. The molecule has 3 rings (SSSR count). The zero-order chi connectivity index (χ0) is 21.2. The third kappa shape index (κ3) is 7.13. The summed E-state index contributed by atoms with van der Waals surface area (Å²) in [6.45, 7) is 6.44. The maximum atomic E-state index is 12.5. The van der Waals surface area contributed by atoms with E-state index in [0.717, 1.165) is 38.5 Å². The summed E-state index contributed by atoms with van der Waals surface area (Å²) in [6, 6.07) is 20.4. The molecule has 1 amide bonds. The summed E-state index contributed by atoms with van der Waals surface area (Å²) in [5.41, 5.74) is 1.22. The number of benzene rings is 2. The number of carbonyl (C=O) groups excluding carboxylic acids is 1. The van der Waals surface area contributed by atoms with Crippen LogP contribution in [0, 0.1) is 0 Å². The molecular formula is C24H34N4O2. The van der Waals surface area contributed by atoms with Crippen LogP contribution in [-0.2, 0) is 4.79 Å². The molecule has 1 N–H and O–H groups in total. The van der Waals surface area contributed by atoms with E-state index in [0.29, 0.717) is 19.7 Å². The minimum atomic E-state index is 0.0960. The molecule has 0 aromatic heterocycles. The van der Waals surface area contributed by atoms with Crippen molar-refractivity contribution < 1.29 is 9.53 Å². The van der Waals surface area contributed by atoms with Gasteiger partial charge in [-0.05, 0) is 31.8 Å². The Morgan fingerprint density at radius 3 is 2.20 bits per heavy atom. The Kier molecular flexibility index (Phi) is 8.68. The van der Waals surface area contributed by atoms with Crippen molar-refractivity contribution in [1.82, 2.24) is 20.0 Å². The van der Waals surface area contributed by atoms with Crippen molar-refractivity contribution in [2.24, 2.45) is 0 Å². The van der Waals surface area contributed by atoms with Crippen LogP contribution >= 0.6 is 0 Å². The van der Waals surface area contributed by atoms with Gasteiger partial charge in [0.1, 0.15) is 12.4 Å². The van der Waals surface area contributed by atoms with Crippen molar-refractivity contribution >= 4 is 5.91 Å². The van der Waals surface area contributed by atoms with Crippen LogP contribution in [0.1, 0.15) is 11.6 Å². The molecule has 2 aromatic rings. The van der Waals surface area contributed by atoms with Crippen LogP contribution in [0.4, 0.5) is 0 Å². The SMILES string of the molecule is CN(C)C(CNC(=O)CN1CCN(CCOc2ccccc2)CC1)c1ccccc1. The quantitative estimate of drug-likeness (QED) is 0.650. The Balaban J connectivity index is 1.33. The zero-order valence-corrected chi connectivity index (χ0v) is 18.2. The number of nitrogens with one attached hydrogen (secondary N) is 1. The normalized spacial score (nSPS) is 16.4. The van der Waals surface area contributed by atoms with E-state index < -0.39 is 0 Å². The Bertz CT molecular complexity index is 746. The van der Waals surface area contributed by atoms with Gasteiger partial charge in [-0.2, -0.15) is 0 Å². The molecule has 1 heterocycles. The first kappa shape index (κ1) is 22.3. The van der Waals surface area contributed by atoms with Gasteiger partial charge in [-0.3, -0.25) is 14.6 Å². The summed E-state index contributed by atoms with van der Waals surface area (Å²) in [7, 11) is 4.09. The van der Waals surface area contributed by atoms with Gasteiger partial charge in [0.2, 0.25) is 5.91 Å². The highest BCUT2D eigenvalue weighted by molar-refractivity contribution is 5.78. The van der Waals surface area contributed by atoms with E-state index >= 15 is 0 Å². The van der Waals surface area contributed by atoms with Gasteiger partial charge in [0.05, 0.1) is 12.6 Å². The minimum Gasteiger partial charge on any atom is -0.492 e. The number of amides is 1. The Morgan fingerprint density at radius 1 is 0.967 bits per heavy atom. The van der Waals surface area contributed by atoms with Crippen LogP contribution in [0.5, 0.6) is 5.75 Å². The van der Waals surface area contributed by atoms with Crippen molar-refractivity contribution in [2.75, 3.05) is 66.5 Å². The van der Waals surface area contributed by atoms with Crippen molar-refractivity contribution in [1.29, 1.82) is 0 Å². The minimum absolute atomic E-state index is 0.0960. The van der Waals surface area contributed by atoms with E-state index in [1.807, 2.05) is 62.6 Å². The fraction of sp³-hybridized carbons (Fsp3) is 0.458. The molecule has 0 spiro atoms. The van der Waals surface area contributed by atoms with Crippen LogP contribution < -0.4 is 10.1 Å². The number of ether oxygens (including phenoxy) is 1. The highest BCUT2D eigenvalue weighted by Gasteiger charge is 2.20. The summed E-state index contributed by atoms with van der Waals surface area (Å²) in [4.78, 5) is 19.3. The number of rotatable bonds is 10. The van der Waals surface area contributed by atoms with Crippen molar-refractivity contribution in [3.63, 3.8) is 0 Å². The van der Waals surface area contributed by atoms with Crippen LogP contribution in [0.15, 0.2) is 60.7 Å². The van der Waals surface area contributed by atoms with E-state index in [9.17, 15) is 4.79 Å². The summed E-state index contributed by atoms with van der Waals surface area (Å²) in [5, 5.41) is 3.12. The molecule has 0 saturated carbocycles. The second-order valence-electron chi connectivity index (χ2n) is 7.97. The van der Waals surface area contributed by atoms with Crippen LogP contribution in [0.2, 0.25) is 0 Å². The third-order valence-electron chi connectivity index (χ3n) is 5.55. The Hall–Kier alpha value is -2.41. The molecule has 1 aliphatic heterocycles. The number of likely N-dealkylation sites (N-methyl/N-ethyl adjacent to an activating group) is 1. The van der Waals surface area contributed by atoms with E-state index in [1.54, 1.807) is 0 Å². The third-order valence-corrected chi connectivity index (χ3v) is 5.55. The molecule has 0 bridgehead atoms. The second kappa shape index (κ2) is 11.7. The van der Waals surface area contributed by atoms with Crippen molar-refractivity contribution in [2.45, 2.75) is 6.04 Å². The lowest BCUT2D eigenvalue weighted by atomic mass is 10.1. The van der Waals surface area contributed by atoms with Gasteiger partial charge in [-0.1, -0.05) is 48.5 Å². The topological polar surface area (TPSA) is 48.1 Å². The monoisotopic (exact) mass is 410 g/mol. The van der Waals surface area contributed by atoms with Gasteiger partial charge in [0.25, 0.3) is 0 Å². The number of para-hydroxylation sites is 1. The van der Waals surface area contributed by atoms with Crippen LogP contribution in [-0.4, -0.2) is 87.1 Å². The van der Waals surface area contributed by atoms with Gasteiger partial charge in [0.15, 0.2) is 0 Å². The fourth-order valence-electron chi connectivity index (χ4n) is 3.72. The number of carbonyl (C=O) groups is 1. The predicted molar refractivity (Wildman–Crippen MR) is 121 cm³/mol. The molecule has 0 radical (unpaired) electrons. The fourth-order valence-corrected chi connectivity index (χ4v) is 3.72. The lowest BCUT2D eigenvalue weighted by Crippen LogP contribution is -2.50. The molecule has 30 heavy (non-hydrogen) atoms. The lowest BCUT2D eigenvalue weighted by Gasteiger charge is -2.34. The molecule has 6 nitrogen and oxygen atoms in total. The van der Waals surface area contributed by atoms with Crippen LogP contribution in [0.3, 0.4) is 0 Å². The number of hydrogen-bond acceptors (Lipinski definition) is 5. The van der Waals surface area contributed by atoms with E-state index in [-0.39, 0.29) is 11.9 Å². The molecule has 0 aliphatic carbocycles. The zero-order valence-electron chi connectivity index (χ0n) is 18.2. The van der Waals surface area contributed by atoms with E-state index in [4.69, 9.17) is 4.74 Å². The summed E-state index contributed by atoms with van der Waals surface area (Å²) >= 11 is 0. The molecule has 2 aromatic carbocycles. The highest BCUT2D eigenvalue weighted by atomic mass is 16.5. The van der Waals surface area contributed by atoms with Gasteiger partial charge in [-0.15, -0.1) is 0 Å². The first-order valence-electron chi connectivity index (χ1n) is 10.7. The predicted octanol–water partition coefficient (Wildman–Crippen LogP) is 2.10. The number of piperazine rings is 1. The van der Waals surface area contributed by atoms with Crippen molar-refractivity contribution in [3.05, 3.63) is 66.2 Å². The molecule has 6 heteroatoms. The molecule has 1 unspecified atom stereocenters. The van der Waals surface area contributed by atoms with Gasteiger partial charge in [0, 0.05) is 39.3 Å². The molecule has 1 saturated heterocycles.